The van der Waals surface area contributed by atoms with Crippen molar-refractivity contribution in [1.29, 1.82) is 0 Å². The monoisotopic (exact) mass is 665 g/mol. The van der Waals surface area contributed by atoms with E-state index in [2.05, 4.69) is 11.6 Å². The van der Waals surface area contributed by atoms with Gasteiger partial charge >= 0.3 is 5.69 Å². The van der Waals surface area contributed by atoms with Crippen LogP contribution in [-0.4, -0.2) is 70.3 Å². The van der Waals surface area contributed by atoms with Gasteiger partial charge in [-0.15, -0.1) is 0 Å². The van der Waals surface area contributed by atoms with Gasteiger partial charge in [0.15, 0.2) is 15.5 Å². The van der Waals surface area contributed by atoms with Gasteiger partial charge < -0.3 is 14.9 Å². The van der Waals surface area contributed by atoms with E-state index < -0.39 is 27.1 Å². The largest absolute Gasteiger partial charge is 0.507 e. The van der Waals surface area contributed by atoms with Crippen LogP contribution >= 0.6 is 11.6 Å². The lowest BCUT2D eigenvalue weighted by atomic mass is 9.79. The Morgan fingerprint density at radius 3 is 2.46 bits per heavy atom. The maximum absolute atomic E-state index is 15.2. The molecule has 1 N–H and O–H groups in total. The van der Waals surface area contributed by atoms with E-state index in [9.17, 15) is 23.1 Å². The Kier molecular flexibility index (Phi) is 8.14. The molecule has 1 aliphatic carbocycles. The van der Waals surface area contributed by atoms with E-state index in [0.29, 0.717) is 24.0 Å². The van der Waals surface area contributed by atoms with Crippen LogP contribution in [0.4, 0.5) is 10.2 Å². The number of hydrogen-bond acceptors (Lipinski definition) is 8. The molecular weight excluding hydrogens is 633 g/mol. The maximum atomic E-state index is 15.2. The number of fused-ring (bicyclic) bond motifs is 1. The van der Waals surface area contributed by atoms with Gasteiger partial charge in [0, 0.05) is 31.4 Å². The number of rotatable bonds is 6. The van der Waals surface area contributed by atoms with Crippen molar-refractivity contribution in [2.24, 2.45) is 0 Å². The normalized spacial score (nSPS) is 18.9. The van der Waals surface area contributed by atoms with Crippen molar-refractivity contribution in [3.05, 3.63) is 82.0 Å². The number of anilines is 1. The molecule has 4 aromatic rings. The first-order valence-electron chi connectivity index (χ1n) is 15.0. The van der Waals surface area contributed by atoms with Crippen molar-refractivity contribution in [1.82, 2.24) is 19.4 Å². The summed E-state index contributed by atoms with van der Waals surface area (Å²) in [5.74, 6) is -1.16. The van der Waals surface area contributed by atoms with Gasteiger partial charge in [0.1, 0.15) is 17.4 Å². The van der Waals surface area contributed by atoms with Crippen LogP contribution in [-0.2, 0) is 14.6 Å². The van der Waals surface area contributed by atoms with Crippen molar-refractivity contribution >= 4 is 44.2 Å². The fourth-order valence-corrected chi connectivity index (χ4v) is 7.55. The smallest absolute Gasteiger partial charge is 0.355 e. The Morgan fingerprint density at radius 1 is 1.11 bits per heavy atom. The third-order valence-electron chi connectivity index (χ3n) is 8.94. The average Bonchev–Trinajstić information content (AvgIpc) is 2.96. The van der Waals surface area contributed by atoms with Crippen LogP contribution in [0, 0.1) is 5.82 Å². The molecule has 0 radical (unpaired) electrons. The van der Waals surface area contributed by atoms with E-state index >= 15 is 4.39 Å². The van der Waals surface area contributed by atoms with Crippen molar-refractivity contribution < 1.29 is 22.7 Å². The number of carbonyl (C=O) groups excluding carboxylic acids is 1. The molecule has 1 aliphatic heterocycles. The Balaban J connectivity index is 1.70. The number of phenolic OH excluding ortho intramolecular Hbond substituents is 1. The zero-order chi connectivity index (χ0) is 33.1. The molecule has 46 heavy (non-hydrogen) atoms. The molecule has 2 aromatic carbocycles. The first-order chi connectivity index (χ1) is 21.8. The second kappa shape index (κ2) is 11.8. The van der Waals surface area contributed by atoms with E-state index in [1.165, 1.54) is 34.9 Å². The van der Waals surface area contributed by atoms with Crippen molar-refractivity contribution in [2.75, 3.05) is 24.2 Å². The lowest BCUT2D eigenvalue weighted by Gasteiger charge is -2.44. The summed E-state index contributed by atoms with van der Waals surface area (Å²) in [7, 11) is -3.85. The van der Waals surface area contributed by atoms with E-state index in [1.54, 1.807) is 17.0 Å². The lowest BCUT2D eigenvalue weighted by Crippen LogP contribution is -2.58. The van der Waals surface area contributed by atoms with Crippen LogP contribution in [0.15, 0.2) is 64.8 Å². The molecule has 240 valence electrons. The highest BCUT2D eigenvalue weighted by Gasteiger charge is 2.35. The number of nitrogens with zero attached hydrogens (tertiary/aromatic N) is 5. The molecule has 2 fully saturated rings. The minimum atomic E-state index is -3.85. The van der Waals surface area contributed by atoms with Crippen LogP contribution in [0.3, 0.4) is 0 Å². The predicted octanol–water partition coefficient (Wildman–Crippen LogP) is 5.23. The van der Waals surface area contributed by atoms with Gasteiger partial charge in [-0.25, -0.2) is 27.2 Å². The predicted molar refractivity (Wildman–Crippen MR) is 175 cm³/mol. The highest BCUT2D eigenvalue weighted by molar-refractivity contribution is 7.90. The number of carbonyl (C=O) groups is 1. The second-order valence-corrected chi connectivity index (χ2v) is 14.4. The Hall–Kier alpha value is -4.29. The average molecular weight is 666 g/mol. The summed E-state index contributed by atoms with van der Waals surface area (Å²) < 4.78 is 42.7. The molecule has 2 aliphatic rings. The fraction of sp³-hybridized carbons (Fsp3) is 0.333. The number of phenols is 1. The molecule has 0 bridgehead atoms. The Labute approximate surface area is 270 Å². The standard InChI is InChI=1S/C33H33ClFN5O5S/c1-5-27(42)38-16-19(3)39(17-18(38)2)31-22-15-23(34)29(28-24(35)12-8-13-25(28)41)36-32(22)40(33(43)37-31)30-21(20-9-6-10-20)11-7-14-26(30)46(4,44)45/h5,7-8,11-15,18-20,41H,1,6,9-10,16-17H2,2-4H3/t18-,19+/m1/s1. The number of hydrogen-bond donors (Lipinski definition) is 1. The molecule has 1 saturated heterocycles. The number of para-hydroxylation sites is 1. The molecule has 6 rings (SSSR count). The molecular formula is C33H33ClFN5O5S. The van der Waals surface area contributed by atoms with Gasteiger partial charge in [-0.2, -0.15) is 4.98 Å². The first kappa shape index (κ1) is 31.7. The minimum Gasteiger partial charge on any atom is -0.507 e. The van der Waals surface area contributed by atoms with Crippen molar-refractivity contribution in [3.63, 3.8) is 0 Å². The number of aromatic nitrogens is 3. The number of halogens is 2. The number of amides is 1. The van der Waals surface area contributed by atoms with Crippen LogP contribution in [0.1, 0.15) is 44.6 Å². The van der Waals surface area contributed by atoms with Gasteiger partial charge in [-0.05, 0) is 68.5 Å². The highest BCUT2D eigenvalue weighted by Crippen LogP contribution is 2.43. The van der Waals surface area contributed by atoms with Crippen molar-refractivity contribution in [2.45, 2.75) is 56.0 Å². The zero-order valence-electron chi connectivity index (χ0n) is 25.6. The number of benzene rings is 2. The Morgan fingerprint density at radius 2 is 1.83 bits per heavy atom. The zero-order valence-corrected chi connectivity index (χ0v) is 27.1. The lowest BCUT2D eigenvalue weighted by molar-refractivity contribution is -0.128. The topological polar surface area (TPSA) is 126 Å². The molecule has 0 spiro atoms. The summed E-state index contributed by atoms with van der Waals surface area (Å²) in [4.78, 5) is 39.6. The van der Waals surface area contributed by atoms with E-state index in [0.717, 1.165) is 31.6 Å². The highest BCUT2D eigenvalue weighted by atomic mass is 35.5. The summed E-state index contributed by atoms with van der Waals surface area (Å²) in [6.45, 7) is 8.00. The SMILES string of the molecule is C=CC(=O)N1C[C@H](C)N(c2nc(=O)n(-c3c(C4CCC4)cccc3S(C)(=O)=O)c3nc(-c4c(O)cccc4F)c(Cl)cc23)C[C@H]1C. The van der Waals surface area contributed by atoms with Gasteiger partial charge in [0.05, 0.1) is 32.2 Å². The molecule has 3 heterocycles. The van der Waals surface area contributed by atoms with E-state index in [1.807, 2.05) is 18.7 Å². The Bertz CT molecular complexity index is 2060. The number of sulfone groups is 1. The number of aromatic hydroxyl groups is 1. The van der Waals surface area contributed by atoms with Gasteiger partial charge in [-0.3, -0.25) is 4.79 Å². The fourth-order valence-electron chi connectivity index (χ4n) is 6.42. The van der Waals surface area contributed by atoms with Crippen LogP contribution in [0.5, 0.6) is 5.75 Å². The second-order valence-electron chi connectivity index (χ2n) is 12.0. The van der Waals surface area contributed by atoms with E-state index in [-0.39, 0.29) is 62.2 Å². The third-order valence-corrected chi connectivity index (χ3v) is 10.4. The third kappa shape index (κ3) is 5.32. The van der Waals surface area contributed by atoms with E-state index in [4.69, 9.17) is 16.6 Å². The van der Waals surface area contributed by atoms with Crippen LogP contribution in [0.25, 0.3) is 28.0 Å². The number of pyridine rings is 1. The summed E-state index contributed by atoms with van der Waals surface area (Å²) >= 11 is 6.76. The quantitative estimate of drug-likeness (QED) is 0.278. The van der Waals surface area contributed by atoms with Crippen LogP contribution < -0.4 is 10.6 Å². The maximum Gasteiger partial charge on any atom is 0.355 e. The molecule has 0 unspecified atom stereocenters. The molecule has 2 atom stereocenters. The number of piperazine rings is 1. The molecule has 1 amide bonds. The molecule has 13 heteroatoms. The first-order valence-corrected chi connectivity index (χ1v) is 17.2. The van der Waals surface area contributed by atoms with Gasteiger partial charge in [0.2, 0.25) is 5.91 Å². The molecule has 1 saturated carbocycles. The summed E-state index contributed by atoms with van der Waals surface area (Å²) in [5, 5.41) is 11.0. The summed E-state index contributed by atoms with van der Waals surface area (Å²) in [6, 6.07) is 9.64. The summed E-state index contributed by atoms with van der Waals surface area (Å²) in [5.41, 5.74) is -0.371. The molecule has 2 aromatic heterocycles. The summed E-state index contributed by atoms with van der Waals surface area (Å²) in [6.07, 6.45) is 4.92. The van der Waals surface area contributed by atoms with Gasteiger partial charge in [0.25, 0.3) is 0 Å². The molecule has 10 nitrogen and oxygen atoms in total. The van der Waals surface area contributed by atoms with Crippen LogP contribution in [0.2, 0.25) is 5.02 Å². The van der Waals surface area contributed by atoms with Gasteiger partial charge in [-0.1, -0.05) is 42.8 Å². The minimum absolute atomic E-state index is 0.00169. The van der Waals surface area contributed by atoms with Crippen molar-refractivity contribution in [3.8, 4) is 22.7 Å².